The molecular weight excluding hydrogens is 444 g/mol. The third kappa shape index (κ3) is 5.35. The number of aliphatic hydroxyl groups is 1. The molecule has 1 aliphatic carbocycles. The molecule has 1 saturated carbocycles. The van der Waals surface area contributed by atoms with Crippen LogP contribution in [0.25, 0.3) is 0 Å². The number of carbonyl (C=O) groups excluding carboxylic acids is 2. The number of nitrogens with two attached hydrogens (primary N) is 1. The molecular formula is C25H35F2N3O4. The Hall–Kier alpha value is -2.26. The van der Waals surface area contributed by atoms with Gasteiger partial charge in [-0.3, -0.25) is 14.5 Å². The number of amides is 2. The highest BCUT2D eigenvalue weighted by Crippen LogP contribution is 2.45. The van der Waals surface area contributed by atoms with E-state index in [4.69, 9.17) is 5.73 Å². The van der Waals surface area contributed by atoms with Crippen molar-refractivity contribution in [2.75, 3.05) is 26.2 Å². The summed E-state index contributed by atoms with van der Waals surface area (Å²) >= 11 is 0. The van der Waals surface area contributed by atoms with Gasteiger partial charge in [-0.1, -0.05) is 12.1 Å². The van der Waals surface area contributed by atoms with Crippen LogP contribution in [0.4, 0.5) is 8.78 Å². The van der Waals surface area contributed by atoms with Gasteiger partial charge >= 0.3 is 0 Å². The number of para-hydroxylation sites is 1. The Morgan fingerprint density at radius 2 is 1.76 bits per heavy atom. The molecule has 3 fully saturated rings. The van der Waals surface area contributed by atoms with Crippen molar-refractivity contribution in [1.82, 2.24) is 9.80 Å². The second-order valence-electron chi connectivity index (χ2n) is 10.2. The van der Waals surface area contributed by atoms with Crippen LogP contribution in [0.3, 0.4) is 0 Å². The summed E-state index contributed by atoms with van der Waals surface area (Å²) < 4.78 is 27.0. The third-order valence-electron chi connectivity index (χ3n) is 8.09. The number of halogens is 2. The van der Waals surface area contributed by atoms with Crippen molar-refractivity contribution in [1.29, 1.82) is 0 Å². The zero-order valence-corrected chi connectivity index (χ0v) is 19.5. The molecule has 1 aromatic carbocycles. The molecule has 4 rings (SSSR count). The van der Waals surface area contributed by atoms with Crippen molar-refractivity contribution < 1.29 is 28.6 Å². The third-order valence-corrected chi connectivity index (χ3v) is 8.09. The number of phenols is 1. The Morgan fingerprint density at radius 1 is 1.12 bits per heavy atom. The second kappa shape index (κ2) is 10.2. The topological polar surface area (TPSA) is 107 Å². The van der Waals surface area contributed by atoms with E-state index in [2.05, 4.69) is 4.90 Å². The number of fused-ring (bicyclic) bond motifs is 2. The zero-order chi connectivity index (χ0) is 24.5. The monoisotopic (exact) mass is 479 g/mol. The second-order valence-corrected chi connectivity index (χ2v) is 10.2. The van der Waals surface area contributed by atoms with E-state index in [0.29, 0.717) is 44.6 Å². The van der Waals surface area contributed by atoms with Crippen LogP contribution in [0.15, 0.2) is 18.2 Å². The molecule has 3 aliphatic rings. The van der Waals surface area contributed by atoms with Crippen LogP contribution in [-0.4, -0.2) is 76.1 Å². The van der Waals surface area contributed by atoms with Crippen LogP contribution in [0.5, 0.6) is 5.75 Å². The van der Waals surface area contributed by atoms with Crippen molar-refractivity contribution in [3.63, 3.8) is 0 Å². The predicted molar refractivity (Wildman–Crippen MR) is 123 cm³/mol. The average molecular weight is 480 g/mol. The van der Waals surface area contributed by atoms with E-state index in [1.807, 2.05) is 6.07 Å². The minimum atomic E-state index is -2.60. The van der Waals surface area contributed by atoms with Gasteiger partial charge in [0.15, 0.2) is 0 Å². The molecule has 1 aromatic rings. The first-order valence-corrected chi connectivity index (χ1v) is 12.3. The Labute approximate surface area is 198 Å². The van der Waals surface area contributed by atoms with E-state index >= 15 is 0 Å². The lowest BCUT2D eigenvalue weighted by molar-refractivity contribution is -0.135. The van der Waals surface area contributed by atoms with E-state index in [1.54, 1.807) is 11.0 Å². The quantitative estimate of drug-likeness (QED) is 0.532. The number of primary amides is 1. The normalized spacial score (nSPS) is 27.0. The first-order chi connectivity index (χ1) is 16.2. The van der Waals surface area contributed by atoms with E-state index in [-0.39, 0.29) is 41.9 Å². The summed E-state index contributed by atoms with van der Waals surface area (Å²) in [6.07, 6.45) is 4.27. The molecule has 2 saturated heterocycles. The Bertz CT molecular complexity index is 888. The molecule has 0 unspecified atom stereocenters. The van der Waals surface area contributed by atoms with Crippen molar-refractivity contribution in [2.24, 2.45) is 11.7 Å². The van der Waals surface area contributed by atoms with E-state index in [9.17, 15) is 28.6 Å². The standard InChI is InChI=1S/C25H35F2N3O4/c26-25(27)8-6-16(7-9-25)14-29(22(32)15-31)10-11-30-18-4-5-19(30)13-17(12-18)20-2-1-3-21(23(20)33)24(28)34/h1-3,16-19,31,33H,4-15H2,(H2,28,34)/t18-,19-/m1/s1. The molecule has 4 N–H and O–H groups in total. The van der Waals surface area contributed by atoms with Gasteiger partial charge in [0.2, 0.25) is 11.8 Å². The number of carbonyl (C=O) groups is 2. The zero-order valence-electron chi connectivity index (χ0n) is 19.5. The molecule has 2 heterocycles. The lowest BCUT2D eigenvalue weighted by Crippen LogP contribution is -2.48. The van der Waals surface area contributed by atoms with Gasteiger partial charge < -0.3 is 20.8 Å². The SMILES string of the molecule is NC(=O)c1cccc(C2C[C@H]3CC[C@H](C2)N3CCN(CC2CCC(F)(F)CC2)C(=O)CO)c1O. The van der Waals surface area contributed by atoms with Gasteiger partial charge in [-0.2, -0.15) is 0 Å². The first kappa shape index (κ1) is 24.9. The fourth-order valence-electron chi connectivity index (χ4n) is 6.23. The number of nitrogens with zero attached hydrogens (tertiary/aromatic N) is 2. The number of aliphatic hydroxyl groups excluding tert-OH is 1. The fraction of sp³-hybridized carbons (Fsp3) is 0.680. The molecule has 2 atom stereocenters. The van der Waals surface area contributed by atoms with Crippen LogP contribution in [0.2, 0.25) is 0 Å². The maximum Gasteiger partial charge on any atom is 0.252 e. The lowest BCUT2D eigenvalue weighted by atomic mass is 9.83. The summed E-state index contributed by atoms with van der Waals surface area (Å²) in [6.45, 7) is 0.971. The highest BCUT2D eigenvalue weighted by molar-refractivity contribution is 5.96. The Kier molecular flexibility index (Phi) is 7.42. The van der Waals surface area contributed by atoms with Crippen LogP contribution < -0.4 is 5.73 Å². The summed E-state index contributed by atoms with van der Waals surface area (Å²) in [4.78, 5) is 28.0. The molecule has 0 spiro atoms. The number of aromatic hydroxyl groups is 1. The van der Waals surface area contributed by atoms with E-state index < -0.39 is 18.4 Å². The van der Waals surface area contributed by atoms with Crippen LogP contribution in [-0.2, 0) is 4.79 Å². The van der Waals surface area contributed by atoms with Crippen molar-refractivity contribution in [3.8, 4) is 5.75 Å². The summed E-state index contributed by atoms with van der Waals surface area (Å²) in [5.74, 6) is -3.45. The molecule has 9 heteroatoms. The number of hydrogen-bond donors (Lipinski definition) is 3. The predicted octanol–water partition coefficient (Wildman–Crippen LogP) is 2.85. The number of rotatable bonds is 8. The largest absolute Gasteiger partial charge is 0.507 e. The molecule has 34 heavy (non-hydrogen) atoms. The summed E-state index contributed by atoms with van der Waals surface area (Å²) in [6, 6.07) is 5.75. The molecule has 2 aliphatic heterocycles. The average Bonchev–Trinajstić information content (AvgIpc) is 3.03. The first-order valence-electron chi connectivity index (χ1n) is 12.3. The van der Waals surface area contributed by atoms with Crippen LogP contribution in [0, 0.1) is 5.92 Å². The van der Waals surface area contributed by atoms with Crippen LogP contribution in [0.1, 0.15) is 73.2 Å². The number of piperidine rings is 1. The lowest BCUT2D eigenvalue weighted by Gasteiger charge is -2.40. The van der Waals surface area contributed by atoms with Crippen molar-refractivity contribution in [3.05, 3.63) is 29.3 Å². The summed E-state index contributed by atoms with van der Waals surface area (Å²) in [5, 5.41) is 20.0. The van der Waals surface area contributed by atoms with E-state index in [1.165, 1.54) is 6.07 Å². The van der Waals surface area contributed by atoms with Gasteiger partial charge in [-0.15, -0.1) is 0 Å². The maximum atomic E-state index is 13.5. The van der Waals surface area contributed by atoms with Gasteiger partial charge in [0.05, 0.1) is 5.56 Å². The molecule has 2 amide bonds. The minimum absolute atomic E-state index is 0.0226. The number of hydrogen-bond acceptors (Lipinski definition) is 5. The number of benzene rings is 1. The molecule has 188 valence electrons. The summed E-state index contributed by atoms with van der Waals surface area (Å²) in [7, 11) is 0. The minimum Gasteiger partial charge on any atom is -0.507 e. The molecule has 2 bridgehead atoms. The van der Waals surface area contributed by atoms with E-state index in [0.717, 1.165) is 31.2 Å². The Morgan fingerprint density at radius 3 is 2.35 bits per heavy atom. The van der Waals surface area contributed by atoms with Gasteiger partial charge in [0.25, 0.3) is 5.91 Å². The van der Waals surface area contributed by atoms with Gasteiger partial charge in [-0.25, -0.2) is 8.78 Å². The Balaban J connectivity index is 1.37. The van der Waals surface area contributed by atoms with Gasteiger partial charge in [0, 0.05) is 44.6 Å². The van der Waals surface area contributed by atoms with Crippen molar-refractivity contribution >= 4 is 11.8 Å². The van der Waals surface area contributed by atoms with Crippen molar-refractivity contribution in [2.45, 2.75) is 75.3 Å². The van der Waals surface area contributed by atoms with Gasteiger partial charge in [0.1, 0.15) is 12.4 Å². The molecule has 0 aromatic heterocycles. The maximum absolute atomic E-state index is 13.5. The van der Waals surface area contributed by atoms with Crippen LogP contribution >= 0.6 is 0 Å². The smallest absolute Gasteiger partial charge is 0.252 e. The summed E-state index contributed by atoms with van der Waals surface area (Å²) in [5.41, 5.74) is 6.30. The highest BCUT2D eigenvalue weighted by atomic mass is 19.3. The fourth-order valence-corrected chi connectivity index (χ4v) is 6.23. The highest BCUT2D eigenvalue weighted by Gasteiger charge is 2.42. The molecule has 0 radical (unpaired) electrons. The van der Waals surface area contributed by atoms with Gasteiger partial charge in [-0.05, 0) is 62.0 Å². The molecule has 7 nitrogen and oxygen atoms in total. The number of alkyl halides is 2.